The van der Waals surface area contributed by atoms with E-state index in [1.165, 1.54) is 11.8 Å². The lowest BCUT2D eigenvalue weighted by atomic mass is 10.2. The quantitative estimate of drug-likeness (QED) is 0.285. The van der Waals surface area contributed by atoms with Crippen molar-refractivity contribution in [2.24, 2.45) is 10.2 Å². The fourth-order valence-corrected chi connectivity index (χ4v) is 2.98. The van der Waals surface area contributed by atoms with Crippen LogP contribution in [0.15, 0.2) is 77.6 Å². The Morgan fingerprint density at radius 2 is 1.82 bits per heavy atom. The van der Waals surface area contributed by atoms with Crippen molar-refractivity contribution in [3.8, 4) is 17.2 Å². The zero-order valence-corrected chi connectivity index (χ0v) is 15.5. The lowest BCUT2D eigenvalue weighted by Gasteiger charge is -2.01. The first-order chi connectivity index (χ1) is 13.7. The van der Waals surface area contributed by atoms with Crippen molar-refractivity contribution < 1.29 is 13.9 Å². The number of rotatable bonds is 5. The summed E-state index contributed by atoms with van der Waals surface area (Å²) in [5, 5.41) is 27.0. The van der Waals surface area contributed by atoms with Crippen LogP contribution in [-0.4, -0.2) is 21.1 Å². The van der Waals surface area contributed by atoms with E-state index in [9.17, 15) is 9.90 Å². The fraction of sp³-hybridized carbons (Fsp3) is 0.105. The van der Waals surface area contributed by atoms with Gasteiger partial charge in [0.15, 0.2) is 5.75 Å². The van der Waals surface area contributed by atoms with E-state index in [1.807, 2.05) is 6.92 Å². The monoisotopic (exact) mass is 394 g/mol. The van der Waals surface area contributed by atoms with Gasteiger partial charge in [0, 0.05) is 5.56 Å². The van der Waals surface area contributed by atoms with Crippen LogP contribution in [0.3, 0.4) is 0 Å². The molecule has 0 spiro atoms. The molecule has 0 fully saturated rings. The van der Waals surface area contributed by atoms with E-state index in [2.05, 4.69) is 20.4 Å². The lowest BCUT2D eigenvalue weighted by Crippen LogP contribution is -1.98. The SMILES string of the molecule is CCSc1nnc(-c2ccc(N=Nc3c(O)c4ccccc4oc3=O)cc2)o1. The Labute approximate surface area is 162 Å². The Balaban J connectivity index is 1.60. The first-order valence-corrected chi connectivity index (χ1v) is 9.37. The van der Waals surface area contributed by atoms with Crippen LogP contribution >= 0.6 is 11.8 Å². The van der Waals surface area contributed by atoms with Gasteiger partial charge < -0.3 is 13.9 Å². The maximum atomic E-state index is 12.1. The number of thioether (sulfide) groups is 1. The smallest absolute Gasteiger partial charge is 0.368 e. The molecule has 0 amide bonds. The standard InChI is InChI=1S/C19H14N4O4S/c1-2-28-19-23-22-17(27-19)11-7-9-12(10-8-11)20-21-15-16(24)13-5-3-4-6-14(13)26-18(15)25/h3-10,24H,2H2,1H3. The van der Waals surface area contributed by atoms with Gasteiger partial charge in [0.1, 0.15) is 5.58 Å². The molecule has 0 atom stereocenters. The molecular weight excluding hydrogens is 380 g/mol. The molecule has 28 heavy (non-hydrogen) atoms. The van der Waals surface area contributed by atoms with Crippen molar-refractivity contribution in [3.05, 3.63) is 59.0 Å². The molecule has 4 aromatic rings. The molecule has 0 bridgehead atoms. The van der Waals surface area contributed by atoms with Gasteiger partial charge in [-0.05, 0) is 42.2 Å². The normalized spacial score (nSPS) is 11.5. The minimum atomic E-state index is -0.761. The van der Waals surface area contributed by atoms with Crippen LogP contribution in [0.4, 0.5) is 11.4 Å². The third-order valence-corrected chi connectivity index (χ3v) is 4.52. The molecule has 0 unspecified atom stereocenters. The summed E-state index contributed by atoms with van der Waals surface area (Å²) in [5.41, 5.74) is 0.499. The first-order valence-electron chi connectivity index (χ1n) is 8.39. The number of aromatic nitrogens is 2. The molecule has 4 rings (SSSR count). The molecular formula is C19H14N4O4S. The van der Waals surface area contributed by atoms with Crippen LogP contribution in [0.5, 0.6) is 5.75 Å². The predicted molar refractivity (Wildman–Crippen MR) is 104 cm³/mol. The summed E-state index contributed by atoms with van der Waals surface area (Å²) in [6.45, 7) is 2.00. The molecule has 0 saturated heterocycles. The number of nitrogens with zero attached hydrogens (tertiary/aromatic N) is 4. The van der Waals surface area contributed by atoms with Crippen LogP contribution in [-0.2, 0) is 0 Å². The van der Waals surface area contributed by atoms with Crippen LogP contribution in [0.25, 0.3) is 22.4 Å². The molecule has 0 saturated carbocycles. The van der Waals surface area contributed by atoms with Gasteiger partial charge in [-0.3, -0.25) is 0 Å². The molecule has 0 aliphatic rings. The first kappa shape index (κ1) is 17.9. The van der Waals surface area contributed by atoms with E-state index in [0.717, 1.165) is 11.3 Å². The number of hydrogen-bond donors (Lipinski definition) is 1. The number of para-hydroxylation sites is 1. The van der Waals surface area contributed by atoms with Crippen molar-refractivity contribution in [2.75, 3.05) is 5.75 Å². The summed E-state index contributed by atoms with van der Waals surface area (Å²) in [4.78, 5) is 12.1. The van der Waals surface area contributed by atoms with E-state index in [1.54, 1.807) is 48.5 Å². The van der Waals surface area contributed by atoms with Gasteiger partial charge in [-0.25, -0.2) is 4.79 Å². The number of azo groups is 1. The van der Waals surface area contributed by atoms with Crippen LogP contribution < -0.4 is 5.63 Å². The van der Waals surface area contributed by atoms with Gasteiger partial charge in [0.2, 0.25) is 11.6 Å². The molecule has 2 aromatic carbocycles. The van der Waals surface area contributed by atoms with Crippen molar-refractivity contribution in [1.82, 2.24) is 10.2 Å². The zero-order valence-electron chi connectivity index (χ0n) is 14.7. The van der Waals surface area contributed by atoms with Crippen LogP contribution in [0.1, 0.15) is 6.92 Å². The predicted octanol–water partition coefficient (Wildman–Crippen LogP) is 5.08. The van der Waals surface area contributed by atoms with Gasteiger partial charge in [0.25, 0.3) is 5.22 Å². The summed E-state index contributed by atoms with van der Waals surface area (Å²) in [7, 11) is 0. The third kappa shape index (κ3) is 3.52. The Morgan fingerprint density at radius 3 is 2.61 bits per heavy atom. The largest absolute Gasteiger partial charge is 0.505 e. The summed E-state index contributed by atoms with van der Waals surface area (Å²) >= 11 is 1.47. The maximum Gasteiger partial charge on any atom is 0.368 e. The summed E-state index contributed by atoms with van der Waals surface area (Å²) in [6.07, 6.45) is 0. The molecule has 140 valence electrons. The number of aromatic hydroxyl groups is 1. The topological polar surface area (TPSA) is 114 Å². The highest BCUT2D eigenvalue weighted by Gasteiger charge is 2.13. The molecule has 9 heteroatoms. The second-order valence-corrected chi connectivity index (χ2v) is 6.85. The molecule has 2 heterocycles. The molecule has 1 N–H and O–H groups in total. The molecule has 2 aromatic heterocycles. The average Bonchev–Trinajstić information content (AvgIpc) is 3.17. The molecule has 0 aliphatic heterocycles. The van der Waals surface area contributed by atoms with Gasteiger partial charge in [0.05, 0.1) is 11.1 Å². The summed E-state index contributed by atoms with van der Waals surface area (Å²) in [6, 6.07) is 13.6. The van der Waals surface area contributed by atoms with E-state index in [4.69, 9.17) is 8.83 Å². The minimum Gasteiger partial charge on any atom is -0.505 e. The van der Waals surface area contributed by atoms with Gasteiger partial charge >= 0.3 is 5.63 Å². The highest BCUT2D eigenvalue weighted by atomic mass is 32.2. The highest BCUT2D eigenvalue weighted by molar-refractivity contribution is 7.99. The van der Waals surface area contributed by atoms with Crippen molar-refractivity contribution in [3.63, 3.8) is 0 Å². The van der Waals surface area contributed by atoms with Crippen LogP contribution in [0, 0.1) is 0 Å². The van der Waals surface area contributed by atoms with E-state index < -0.39 is 5.63 Å². The summed E-state index contributed by atoms with van der Waals surface area (Å²) < 4.78 is 10.7. The second-order valence-electron chi connectivity index (χ2n) is 5.64. The van der Waals surface area contributed by atoms with Crippen LogP contribution in [0.2, 0.25) is 0 Å². The van der Waals surface area contributed by atoms with Crippen molar-refractivity contribution >= 4 is 34.1 Å². The van der Waals surface area contributed by atoms with E-state index >= 15 is 0 Å². The highest BCUT2D eigenvalue weighted by Crippen LogP contribution is 2.32. The number of fused-ring (bicyclic) bond motifs is 1. The van der Waals surface area contributed by atoms with E-state index in [0.29, 0.717) is 22.2 Å². The Morgan fingerprint density at radius 1 is 1.04 bits per heavy atom. The van der Waals surface area contributed by atoms with Gasteiger partial charge in [-0.1, -0.05) is 30.8 Å². The fourth-order valence-electron chi connectivity index (χ4n) is 2.50. The van der Waals surface area contributed by atoms with Gasteiger partial charge in [-0.15, -0.1) is 15.3 Å². The number of benzene rings is 2. The Hall–Kier alpha value is -3.46. The lowest BCUT2D eigenvalue weighted by molar-refractivity contribution is 0.466. The second kappa shape index (κ2) is 7.65. The number of hydrogen-bond acceptors (Lipinski definition) is 9. The Kier molecular flexibility index (Phi) is 4.90. The zero-order chi connectivity index (χ0) is 19.5. The Bertz CT molecular complexity index is 1210. The average molecular weight is 394 g/mol. The minimum absolute atomic E-state index is 0.249. The van der Waals surface area contributed by atoms with Gasteiger partial charge in [-0.2, -0.15) is 5.11 Å². The maximum absolute atomic E-state index is 12.1. The van der Waals surface area contributed by atoms with Crippen molar-refractivity contribution in [1.29, 1.82) is 0 Å². The summed E-state index contributed by atoms with van der Waals surface area (Å²) in [5.74, 6) is 0.989. The molecule has 0 radical (unpaired) electrons. The van der Waals surface area contributed by atoms with Crippen molar-refractivity contribution in [2.45, 2.75) is 12.1 Å². The third-order valence-electron chi connectivity index (χ3n) is 3.82. The molecule has 0 aliphatic carbocycles. The molecule has 8 nitrogen and oxygen atoms in total. The van der Waals surface area contributed by atoms with E-state index in [-0.39, 0.29) is 17.0 Å².